The van der Waals surface area contributed by atoms with Gasteiger partial charge in [0, 0.05) is 18.7 Å². The zero-order valence-electron chi connectivity index (χ0n) is 12.4. The molecule has 0 spiro atoms. The molecule has 0 aliphatic rings. The van der Waals surface area contributed by atoms with E-state index in [2.05, 4.69) is 0 Å². The Balaban J connectivity index is 2.39. The maximum Gasteiger partial charge on any atom is 0.124 e. The lowest BCUT2D eigenvalue weighted by Crippen LogP contribution is -2.27. The molecule has 20 heavy (non-hydrogen) atoms. The number of hydrogen-bond acceptors (Lipinski definition) is 5. The lowest BCUT2D eigenvalue weighted by atomic mass is 10.1. The molecule has 1 aromatic carbocycles. The number of aliphatic hydroxyl groups is 1. The van der Waals surface area contributed by atoms with E-state index in [4.69, 9.17) is 19.9 Å². The fourth-order valence-corrected chi connectivity index (χ4v) is 1.78. The molecule has 1 rings (SSSR count). The van der Waals surface area contributed by atoms with E-state index in [9.17, 15) is 5.11 Å². The summed E-state index contributed by atoms with van der Waals surface area (Å²) >= 11 is 0. The van der Waals surface area contributed by atoms with Gasteiger partial charge in [-0.25, -0.2) is 0 Å². The second-order valence-corrected chi connectivity index (χ2v) is 4.89. The van der Waals surface area contributed by atoms with Crippen LogP contribution in [0.1, 0.15) is 25.5 Å². The molecule has 2 unspecified atom stereocenters. The molecule has 0 amide bonds. The molecule has 0 saturated carbocycles. The molecule has 0 aliphatic heterocycles. The van der Waals surface area contributed by atoms with Crippen LogP contribution in [0.4, 0.5) is 0 Å². The highest BCUT2D eigenvalue weighted by Gasteiger charge is 2.11. The van der Waals surface area contributed by atoms with Gasteiger partial charge in [0.05, 0.1) is 19.3 Å². The summed E-state index contributed by atoms with van der Waals surface area (Å²) in [7, 11) is 1.62. The zero-order valence-corrected chi connectivity index (χ0v) is 12.4. The molecule has 1 aromatic rings. The quantitative estimate of drug-likeness (QED) is 0.718. The molecule has 5 heteroatoms. The van der Waals surface area contributed by atoms with E-state index in [1.54, 1.807) is 7.11 Å². The number of methoxy groups -OCH3 is 1. The molecule has 0 radical (unpaired) electrons. The minimum atomic E-state index is -0.685. The average Bonchev–Trinajstić information content (AvgIpc) is 2.43. The third kappa shape index (κ3) is 5.88. The van der Waals surface area contributed by atoms with Crippen LogP contribution in [0.2, 0.25) is 0 Å². The van der Waals surface area contributed by atoms with Crippen molar-refractivity contribution in [1.82, 2.24) is 0 Å². The summed E-state index contributed by atoms with van der Waals surface area (Å²) in [5, 5.41) is 9.84. The molecule has 0 bridgehead atoms. The molecule has 0 aromatic heterocycles. The van der Waals surface area contributed by atoms with Crippen molar-refractivity contribution in [2.45, 2.75) is 32.1 Å². The van der Waals surface area contributed by atoms with Crippen molar-refractivity contribution in [3.63, 3.8) is 0 Å². The van der Waals surface area contributed by atoms with Gasteiger partial charge in [0.25, 0.3) is 0 Å². The van der Waals surface area contributed by atoms with E-state index in [-0.39, 0.29) is 25.4 Å². The Morgan fingerprint density at radius 1 is 1.15 bits per heavy atom. The van der Waals surface area contributed by atoms with Crippen LogP contribution in [0.15, 0.2) is 24.3 Å². The Morgan fingerprint density at radius 3 is 2.50 bits per heavy atom. The first-order valence-electron chi connectivity index (χ1n) is 6.80. The van der Waals surface area contributed by atoms with Crippen molar-refractivity contribution >= 4 is 0 Å². The van der Waals surface area contributed by atoms with Crippen LogP contribution in [0, 0.1) is 0 Å². The third-order valence-electron chi connectivity index (χ3n) is 2.82. The zero-order chi connectivity index (χ0) is 15.0. The van der Waals surface area contributed by atoms with Gasteiger partial charge in [-0.2, -0.15) is 0 Å². The van der Waals surface area contributed by atoms with Crippen molar-refractivity contribution in [3.05, 3.63) is 29.8 Å². The predicted octanol–water partition coefficient (Wildman–Crippen LogP) is 1.50. The first-order chi connectivity index (χ1) is 9.54. The van der Waals surface area contributed by atoms with Gasteiger partial charge in [-0.3, -0.25) is 0 Å². The number of nitrogens with two attached hydrogens (primary N) is 1. The molecule has 114 valence electrons. The lowest BCUT2D eigenvalue weighted by molar-refractivity contribution is -0.0423. The lowest BCUT2D eigenvalue weighted by Gasteiger charge is -2.18. The summed E-state index contributed by atoms with van der Waals surface area (Å²) in [6, 6.07) is 7.45. The first kappa shape index (κ1) is 16.9. The summed E-state index contributed by atoms with van der Waals surface area (Å²) in [6.45, 7) is 4.67. The highest BCUT2D eigenvalue weighted by atomic mass is 16.5. The molecular formula is C15H25NO4. The van der Waals surface area contributed by atoms with Gasteiger partial charge in [0.15, 0.2) is 0 Å². The first-order valence-corrected chi connectivity index (χ1v) is 6.80. The standard InChI is InChI=1S/C15H25NO4/c1-11(8-18-3)19-9-13(17)10-20-15-7-5-4-6-14(15)12(2)16/h4-7,11-13,17H,8-10,16H2,1-3H3/t11?,12-,13?/m1/s1. The number of aliphatic hydroxyl groups excluding tert-OH is 1. The van der Waals surface area contributed by atoms with Crippen LogP contribution in [0.25, 0.3) is 0 Å². The van der Waals surface area contributed by atoms with Crippen molar-refractivity contribution < 1.29 is 19.3 Å². The highest BCUT2D eigenvalue weighted by Crippen LogP contribution is 2.23. The number of para-hydroxylation sites is 1. The van der Waals surface area contributed by atoms with E-state index in [0.717, 1.165) is 5.56 Å². The van der Waals surface area contributed by atoms with Gasteiger partial charge < -0.3 is 25.1 Å². The fraction of sp³-hybridized carbons (Fsp3) is 0.600. The molecule has 0 fully saturated rings. The monoisotopic (exact) mass is 283 g/mol. The van der Waals surface area contributed by atoms with Crippen molar-refractivity contribution in [2.24, 2.45) is 5.73 Å². The summed E-state index contributed by atoms with van der Waals surface area (Å²) < 4.78 is 16.0. The van der Waals surface area contributed by atoms with Gasteiger partial charge in [-0.1, -0.05) is 18.2 Å². The number of rotatable bonds is 9. The second-order valence-electron chi connectivity index (χ2n) is 4.89. The Bertz CT molecular complexity index is 384. The van der Waals surface area contributed by atoms with Crippen molar-refractivity contribution in [3.8, 4) is 5.75 Å². The second kappa shape index (κ2) is 8.92. The summed E-state index contributed by atoms with van der Waals surface area (Å²) in [4.78, 5) is 0. The van der Waals surface area contributed by atoms with E-state index in [1.165, 1.54) is 0 Å². The summed E-state index contributed by atoms with van der Waals surface area (Å²) in [5.74, 6) is 0.700. The minimum absolute atomic E-state index is 0.0500. The normalized spacial score (nSPS) is 15.7. The Labute approximate surface area is 120 Å². The number of ether oxygens (including phenoxy) is 3. The van der Waals surface area contributed by atoms with Gasteiger partial charge in [-0.05, 0) is 19.9 Å². The smallest absolute Gasteiger partial charge is 0.124 e. The van der Waals surface area contributed by atoms with Crippen molar-refractivity contribution in [1.29, 1.82) is 0 Å². The Morgan fingerprint density at radius 2 is 1.85 bits per heavy atom. The number of hydrogen-bond donors (Lipinski definition) is 2. The molecular weight excluding hydrogens is 258 g/mol. The van der Waals surface area contributed by atoms with Crippen LogP contribution in [-0.4, -0.2) is 44.2 Å². The largest absolute Gasteiger partial charge is 0.490 e. The van der Waals surface area contributed by atoms with Gasteiger partial charge in [0.2, 0.25) is 0 Å². The average molecular weight is 283 g/mol. The molecule has 0 saturated heterocycles. The van der Waals surface area contributed by atoms with Crippen LogP contribution >= 0.6 is 0 Å². The summed E-state index contributed by atoms with van der Waals surface area (Å²) in [5.41, 5.74) is 6.80. The maximum absolute atomic E-state index is 9.84. The van der Waals surface area contributed by atoms with Crippen LogP contribution in [0.3, 0.4) is 0 Å². The van der Waals surface area contributed by atoms with E-state index in [0.29, 0.717) is 12.4 Å². The van der Waals surface area contributed by atoms with E-state index >= 15 is 0 Å². The van der Waals surface area contributed by atoms with Crippen LogP contribution < -0.4 is 10.5 Å². The summed E-state index contributed by atoms with van der Waals surface area (Å²) in [6.07, 6.45) is -0.735. The van der Waals surface area contributed by atoms with Gasteiger partial charge in [0.1, 0.15) is 18.5 Å². The van der Waals surface area contributed by atoms with E-state index < -0.39 is 6.10 Å². The van der Waals surface area contributed by atoms with Crippen LogP contribution in [-0.2, 0) is 9.47 Å². The van der Waals surface area contributed by atoms with Crippen molar-refractivity contribution in [2.75, 3.05) is 26.9 Å². The van der Waals surface area contributed by atoms with Gasteiger partial charge >= 0.3 is 0 Å². The van der Waals surface area contributed by atoms with Gasteiger partial charge in [-0.15, -0.1) is 0 Å². The molecule has 0 aliphatic carbocycles. The number of benzene rings is 1. The maximum atomic E-state index is 9.84. The molecule has 5 nitrogen and oxygen atoms in total. The predicted molar refractivity (Wildman–Crippen MR) is 77.8 cm³/mol. The Hall–Kier alpha value is -1.14. The molecule has 3 N–H and O–H groups in total. The SMILES string of the molecule is COCC(C)OCC(O)COc1ccccc1[C@@H](C)N. The van der Waals surface area contributed by atoms with E-state index in [1.807, 2.05) is 38.1 Å². The van der Waals surface area contributed by atoms with Crippen LogP contribution in [0.5, 0.6) is 5.75 Å². The molecule has 0 heterocycles. The Kier molecular flexibility index (Phi) is 7.54. The third-order valence-corrected chi connectivity index (χ3v) is 2.82. The minimum Gasteiger partial charge on any atom is -0.490 e. The topological polar surface area (TPSA) is 73.9 Å². The fourth-order valence-electron chi connectivity index (χ4n) is 1.78. The highest BCUT2D eigenvalue weighted by molar-refractivity contribution is 5.35. The molecule has 3 atom stereocenters.